The molecule has 1 heterocycles. The molecule has 0 amide bonds. The van der Waals surface area contributed by atoms with Crippen LogP contribution in [0.4, 0.5) is 0 Å². The summed E-state index contributed by atoms with van der Waals surface area (Å²) in [6.07, 6.45) is 10.0. The Labute approximate surface area is 102 Å². The second kappa shape index (κ2) is 5.65. The highest BCUT2D eigenvalue weighted by molar-refractivity contribution is 6.31. The van der Waals surface area contributed by atoms with Crippen molar-refractivity contribution in [3.8, 4) is 0 Å². The minimum absolute atomic E-state index is 0.558. The van der Waals surface area contributed by atoms with Crippen molar-refractivity contribution >= 4 is 11.6 Å². The third-order valence-electron chi connectivity index (χ3n) is 3.64. The number of likely N-dealkylation sites (N-methyl/N-ethyl adjacent to an activating group) is 1. The lowest BCUT2D eigenvalue weighted by atomic mass is 9.93. The predicted molar refractivity (Wildman–Crippen MR) is 67.8 cm³/mol. The van der Waals surface area contributed by atoms with Gasteiger partial charge in [-0.05, 0) is 43.9 Å². The first-order chi connectivity index (χ1) is 7.81. The van der Waals surface area contributed by atoms with Crippen LogP contribution in [0.5, 0.6) is 0 Å². The minimum atomic E-state index is 0.558. The highest BCUT2D eigenvalue weighted by Crippen LogP contribution is 2.30. The van der Waals surface area contributed by atoms with Crippen LogP contribution in [0, 0.1) is 5.92 Å². The van der Waals surface area contributed by atoms with Crippen LogP contribution in [0.15, 0.2) is 18.5 Å². The third-order valence-corrected chi connectivity index (χ3v) is 3.98. The molecule has 1 aromatic rings. The molecule has 1 N–H and O–H groups in total. The Morgan fingerprint density at radius 1 is 1.50 bits per heavy atom. The number of aromatic nitrogens is 1. The van der Waals surface area contributed by atoms with E-state index >= 15 is 0 Å². The van der Waals surface area contributed by atoms with Gasteiger partial charge in [0.25, 0.3) is 0 Å². The van der Waals surface area contributed by atoms with E-state index in [0.29, 0.717) is 6.04 Å². The number of nitrogens with zero attached hydrogens (tertiary/aromatic N) is 1. The number of rotatable bonds is 4. The Hall–Kier alpha value is -0.600. The highest BCUT2D eigenvalue weighted by atomic mass is 35.5. The van der Waals surface area contributed by atoms with Crippen LogP contribution in [0.25, 0.3) is 0 Å². The van der Waals surface area contributed by atoms with Gasteiger partial charge < -0.3 is 5.32 Å². The second-order valence-corrected chi connectivity index (χ2v) is 5.02. The van der Waals surface area contributed by atoms with Gasteiger partial charge in [0.15, 0.2) is 0 Å². The van der Waals surface area contributed by atoms with Crippen molar-refractivity contribution < 1.29 is 0 Å². The van der Waals surface area contributed by atoms with E-state index in [1.165, 1.54) is 31.2 Å². The summed E-state index contributed by atoms with van der Waals surface area (Å²) >= 11 is 6.14. The Bertz CT molecular complexity index is 334. The summed E-state index contributed by atoms with van der Waals surface area (Å²) in [5.74, 6) is 0.814. The number of hydrogen-bond donors (Lipinski definition) is 1. The molecule has 3 heteroatoms. The van der Waals surface area contributed by atoms with Gasteiger partial charge >= 0.3 is 0 Å². The van der Waals surface area contributed by atoms with Gasteiger partial charge in [0.1, 0.15) is 0 Å². The van der Waals surface area contributed by atoms with Gasteiger partial charge in [0.05, 0.1) is 5.02 Å². The molecule has 1 unspecified atom stereocenters. The van der Waals surface area contributed by atoms with Crippen molar-refractivity contribution in [2.75, 3.05) is 7.05 Å². The van der Waals surface area contributed by atoms with Crippen LogP contribution in [0.1, 0.15) is 31.2 Å². The molecule has 0 aromatic carbocycles. The second-order valence-electron chi connectivity index (χ2n) is 4.61. The summed E-state index contributed by atoms with van der Waals surface area (Å²) in [7, 11) is 2.05. The van der Waals surface area contributed by atoms with Gasteiger partial charge in [0, 0.05) is 18.4 Å². The van der Waals surface area contributed by atoms with Gasteiger partial charge in [-0.15, -0.1) is 0 Å². The van der Waals surface area contributed by atoms with Gasteiger partial charge in [-0.1, -0.05) is 24.4 Å². The van der Waals surface area contributed by atoms with E-state index in [1.807, 2.05) is 12.3 Å². The minimum Gasteiger partial charge on any atom is -0.316 e. The van der Waals surface area contributed by atoms with Crippen LogP contribution >= 0.6 is 11.6 Å². The normalized spacial score (nSPS) is 18.9. The van der Waals surface area contributed by atoms with Gasteiger partial charge in [-0.25, -0.2) is 0 Å². The zero-order chi connectivity index (χ0) is 11.4. The summed E-state index contributed by atoms with van der Waals surface area (Å²) in [6.45, 7) is 0. The van der Waals surface area contributed by atoms with E-state index in [-0.39, 0.29) is 0 Å². The monoisotopic (exact) mass is 238 g/mol. The zero-order valence-electron chi connectivity index (χ0n) is 9.75. The fourth-order valence-corrected chi connectivity index (χ4v) is 2.87. The average Bonchev–Trinajstić information content (AvgIpc) is 2.81. The summed E-state index contributed by atoms with van der Waals surface area (Å²) in [6, 6.07) is 2.59. The Morgan fingerprint density at radius 3 is 2.88 bits per heavy atom. The lowest BCUT2D eigenvalue weighted by Crippen LogP contribution is -2.34. The number of pyridine rings is 1. The first-order valence-corrected chi connectivity index (χ1v) is 6.44. The molecule has 0 spiro atoms. The van der Waals surface area contributed by atoms with Crippen LogP contribution in [-0.2, 0) is 6.42 Å². The average molecular weight is 239 g/mol. The Balaban J connectivity index is 2.03. The maximum Gasteiger partial charge on any atom is 0.0621 e. The predicted octanol–water partition coefficient (Wildman–Crippen LogP) is 3.06. The van der Waals surface area contributed by atoms with Crippen LogP contribution in [-0.4, -0.2) is 18.1 Å². The van der Waals surface area contributed by atoms with Crippen molar-refractivity contribution in [3.63, 3.8) is 0 Å². The topological polar surface area (TPSA) is 24.9 Å². The number of halogens is 1. The lowest BCUT2D eigenvalue weighted by molar-refractivity contribution is 0.377. The molecule has 88 valence electrons. The molecule has 0 radical (unpaired) electrons. The Kier molecular flexibility index (Phi) is 4.19. The first-order valence-electron chi connectivity index (χ1n) is 6.07. The standard InChI is InChI=1S/C13H19ClN2/c1-15-13(10-4-2-3-5-10)8-11-6-7-16-9-12(11)14/h6-7,9-10,13,15H,2-5,8H2,1H3. The third kappa shape index (κ3) is 2.74. The molecular weight excluding hydrogens is 220 g/mol. The highest BCUT2D eigenvalue weighted by Gasteiger charge is 2.24. The van der Waals surface area contributed by atoms with E-state index in [9.17, 15) is 0 Å². The molecular formula is C13H19ClN2. The molecule has 0 aliphatic heterocycles. The van der Waals surface area contributed by atoms with Gasteiger partial charge in [-0.2, -0.15) is 0 Å². The summed E-state index contributed by atoms with van der Waals surface area (Å²) < 4.78 is 0. The number of hydrogen-bond acceptors (Lipinski definition) is 2. The molecule has 2 rings (SSSR count). The largest absolute Gasteiger partial charge is 0.316 e. The molecule has 1 saturated carbocycles. The van der Waals surface area contributed by atoms with E-state index in [2.05, 4.69) is 17.3 Å². The molecule has 1 aliphatic carbocycles. The van der Waals surface area contributed by atoms with Crippen molar-refractivity contribution in [1.29, 1.82) is 0 Å². The summed E-state index contributed by atoms with van der Waals surface area (Å²) in [4.78, 5) is 4.02. The van der Waals surface area contributed by atoms with Crippen LogP contribution in [0.2, 0.25) is 5.02 Å². The lowest BCUT2D eigenvalue weighted by Gasteiger charge is -2.23. The molecule has 2 nitrogen and oxygen atoms in total. The van der Waals surface area contributed by atoms with E-state index in [4.69, 9.17) is 11.6 Å². The van der Waals surface area contributed by atoms with Crippen LogP contribution in [0.3, 0.4) is 0 Å². The van der Waals surface area contributed by atoms with E-state index in [0.717, 1.165) is 17.4 Å². The van der Waals surface area contributed by atoms with Gasteiger partial charge in [0.2, 0.25) is 0 Å². The zero-order valence-corrected chi connectivity index (χ0v) is 10.5. The molecule has 0 bridgehead atoms. The van der Waals surface area contributed by atoms with E-state index < -0.39 is 0 Å². The maximum absolute atomic E-state index is 6.14. The molecule has 16 heavy (non-hydrogen) atoms. The molecule has 1 fully saturated rings. The molecule has 0 saturated heterocycles. The van der Waals surface area contributed by atoms with Gasteiger partial charge in [-0.3, -0.25) is 4.98 Å². The molecule has 1 aromatic heterocycles. The maximum atomic E-state index is 6.14. The fraction of sp³-hybridized carbons (Fsp3) is 0.615. The molecule has 1 aliphatic rings. The van der Waals surface area contributed by atoms with E-state index in [1.54, 1.807) is 6.20 Å². The SMILES string of the molecule is CNC(Cc1ccncc1Cl)C1CCCC1. The number of nitrogens with one attached hydrogen (secondary N) is 1. The first kappa shape index (κ1) is 11.9. The van der Waals surface area contributed by atoms with Crippen LogP contribution < -0.4 is 5.32 Å². The summed E-state index contributed by atoms with van der Waals surface area (Å²) in [5.41, 5.74) is 1.21. The van der Waals surface area contributed by atoms with Crippen molar-refractivity contribution in [2.45, 2.75) is 38.1 Å². The van der Waals surface area contributed by atoms with Crippen molar-refractivity contribution in [2.24, 2.45) is 5.92 Å². The summed E-state index contributed by atoms with van der Waals surface area (Å²) in [5, 5.41) is 4.23. The van der Waals surface area contributed by atoms with Crippen molar-refractivity contribution in [1.82, 2.24) is 10.3 Å². The smallest absolute Gasteiger partial charge is 0.0621 e. The fourth-order valence-electron chi connectivity index (χ4n) is 2.67. The Morgan fingerprint density at radius 2 is 2.25 bits per heavy atom. The quantitative estimate of drug-likeness (QED) is 0.872. The molecule has 1 atom stereocenters. The van der Waals surface area contributed by atoms with Crippen molar-refractivity contribution in [3.05, 3.63) is 29.0 Å².